The van der Waals surface area contributed by atoms with Gasteiger partial charge in [-0.3, -0.25) is 19.1 Å². The lowest BCUT2D eigenvalue weighted by Crippen LogP contribution is -2.43. The number of carbonyl (C=O) groups is 1. The fourth-order valence-corrected chi connectivity index (χ4v) is 4.13. The molecule has 3 rings (SSSR count). The molecule has 0 unspecified atom stereocenters. The molecule has 1 fully saturated rings. The number of likely N-dealkylation sites (N-methyl/N-ethyl adjacent to an activating group) is 1. The van der Waals surface area contributed by atoms with Crippen molar-refractivity contribution in [3.63, 3.8) is 0 Å². The lowest BCUT2D eigenvalue weighted by atomic mass is 9.87. The number of hydrogen-bond acceptors (Lipinski definition) is 4. The predicted molar refractivity (Wildman–Crippen MR) is 101 cm³/mol. The molecule has 0 aliphatic carbocycles. The molecule has 1 amide bonds. The monoisotopic (exact) mass is 358 g/mol. The van der Waals surface area contributed by atoms with Gasteiger partial charge in [-0.05, 0) is 58.3 Å². The van der Waals surface area contributed by atoms with Crippen LogP contribution in [0, 0.1) is 19.8 Å². The van der Waals surface area contributed by atoms with E-state index >= 15 is 0 Å². The number of rotatable bonds is 5. The van der Waals surface area contributed by atoms with E-state index in [-0.39, 0.29) is 5.91 Å². The molecule has 142 valence electrons. The summed E-state index contributed by atoms with van der Waals surface area (Å²) in [6.45, 7) is 6.07. The lowest BCUT2D eigenvalue weighted by molar-refractivity contribution is -0.131. The molecule has 0 saturated carbocycles. The molecule has 7 heteroatoms. The van der Waals surface area contributed by atoms with Gasteiger partial charge in [0.05, 0.1) is 17.4 Å². The number of piperidine rings is 1. The Labute approximate surface area is 155 Å². The minimum absolute atomic E-state index is 0.105. The molecule has 0 spiro atoms. The zero-order valence-electron chi connectivity index (χ0n) is 16.5. The second-order valence-corrected chi connectivity index (χ2v) is 7.57. The summed E-state index contributed by atoms with van der Waals surface area (Å²) in [7, 11) is 6.07. The summed E-state index contributed by atoms with van der Waals surface area (Å²) in [4.78, 5) is 17.0. The van der Waals surface area contributed by atoms with Crippen LogP contribution in [0.4, 0.5) is 0 Å². The second-order valence-electron chi connectivity index (χ2n) is 7.57. The van der Waals surface area contributed by atoms with Crippen LogP contribution >= 0.6 is 0 Å². The van der Waals surface area contributed by atoms with Crippen LogP contribution < -0.4 is 0 Å². The second kappa shape index (κ2) is 7.61. The number of nitrogens with zero attached hydrogens (tertiary/aromatic N) is 6. The van der Waals surface area contributed by atoms with Gasteiger partial charge in [-0.15, -0.1) is 0 Å². The van der Waals surface area contributed by atoms with Crippen molar-refractivity contribution in [2.45, 2.75) is 39.3 Å². The summed E-state index contributed by atoms with van der Waals surface area (Å²) < 4.78 is 3.75. The number of amides is 1. The van der Waals surface area contributed by atoms with E-state index in [9.17, 15) is 4.79 Å². The van der Waals surface area contributed by atoms with Crippen LogP contribution in [-0.2, 0) is 18.4 Å². The van der Waals surface area contributed by atoms with Gasteiger partial charge >= 0.3 is 0 Å². The van der Waals surface area contributed by atoms with E-state index in [4.69, 9.17) is 0 Å². The molecule has 0 N–H and O–H groups in total. The highest BCUT2D eigenvalue weighted by Crippen LogP contribution is 2.35. The van der Waals surface area contributed by atoms with Crippen LogP contribution in [0.3, 0.4) is 0 Å². The van der Waals surface area contributed by atoms with Gasteiger partial charge in [0, 0.05) is 32.5 Å². The molecule has 0 bridgehead atoms. The van der Waals surface area contributed by atoms with Gasteiger partial charge in [-0.2, -0.15) is 10.2 Å². The molecule has 1 aliphatic rings. The third-order valence-electron chi connectivity index (χ3n) is 5.49. The zero-order chi connectivity index (χ0) is 18.8. The molecule has 0 aromatic carbocycles. The topological polar surface area (TPSA) is 59.2 Å². The molecule has 26 heavy (non-hydrogen) atoms. The first-order chi connectivity index (χ1) is 12.4. The Balaban J connectivity index is 1.70. The van der Waals surface area contributed by atoms with Crippen molar-refractivity contribution in [1.29, 1.82) is 0 Å². The standard InChI is InChI=1S/C19H30N6O/c1-14-11-15(2)25(21-14)13-18(26)23(4)12-16-7-6-10-22(3)19(16)17-8-9-20-24(17)5/h8-9,11,16,19H,6-7,10,12-13H2,1-5H3/t16-,19+/m0/s1. The number of hydrogen-bond donors (Lipinski definition) is 0. The normalized spacial score (nSPS) is 21.1. The molecule has 0 radical (unpaired) electrons. The Kier molecular flexibility index (Phi) is 5.46. The molecule has 2 aromatic rings. The Bertz CT molecular complexity index is 764. The van der Waals surface area contributed by atoms with Crippen LogP contribution in [0.25, 0.3) is 0 Å². The maximum atomic E-state index is 12.7. The van der Waals surface area contributed by atoms with Crippen molar-refractivity contribution in [3.05, 3.63) is 35.4 Å². The summed E-state index contributed by atoms with van der Waals surface area (Å²) in [6.07, 6.45) is 4.14. The maximum Gasteiger partial charge on any atom is 0.244 e. The quantitative estimate of drug-likeness (QED) is 0.817. The molecular weight excluding hydrogens is 328 g/mol. The van der Waals surface area contributed by atoms with E-state index in [1.54, 1.807) is 4.68 Å². The molecule has 2 atom stereocenters. The van der Waals surface area contributed by atoms with Crippen LogP contribution in [0.15, 0.2) is 18.3 Å². The third kappa shape index (κ3) is 3.82. The molecule has 3 heterocycles. The van der Waals surface area contributed by atoms with E-state index in [0.717, 1.165) is 37.3 Å². The highest BCUT2D eigenvalue weighted by Gasteiger charge is 2.33. The highest BCUT2D eigenvalue weighted by molar-refractivity contribution is 5.75. The highest BCUT2D eigenvalue weighted by atomic mass is 16.2. The van der Waals surface area contributed by atoms with Crippen molar-refractivity contribution >= 4 is 5.91 Å². The largest absolute Gasteiger partial charge is 0.344 e. The van der Waals surface area contributed by atoms with Crippen molar-refractivity contribution in [3.8, 4) is 0 Å². The predicted octanol–water partition coefficient (Wildman–Crippen LogP) is 1.77. The summed E-state index contributed by atoms with van der Waals surface area (Å²) in [5.41, 5.74) is 3.19. The van der Waals surface area contributed by atoms with Crippen molar-refractivity contribution in [1.82, 2.24) is 29.4 Å². The minimum Gasteiger partial charge on any atom is -0.344 e. The van der Waals surface area contributed by atoms with Gasteiger partial charge < -0.3 is 4.90 Å². The summed E-state index contributed by atoms with van der Waals surface area (Å²) in [5, 5.41) is 8.75. The van der Waals surface area contributed by atoms with Gasteiger partial charge in [0.15, 0.2) is 0 Å². The van der Waals surface area contributed by atoms with E-state index in [1.165, 1.54) is 5.69 Å². The molecule has 2 aromatic heterocycles. The smallest absolute Gasteiger partial charge is 0.244 e. The van der Waals surface area contributed by atoms with Crippen molar-refractivity contribution in [2.75, 3.05) is 27.2 Å². The van der Waals surface area contributed by atoms with Crippen LogP contribution in [-0.4, -0.2) is 62.5 Å². The fraction of sp³-hybridized carbons (Fsp3) is 0.632. The third-order valence-corrected chi connectivity index (χ3v) is 5.49. The molecule has 1 aliphatic heterocycles. The van der Waals surface area contributed by atoms with E-state index in [1.807, 2.05) is 49.8 Å². The van der Waals surface area contributed by atoms with Crippen LogP contribution in [0.5, 0.6) is 0 Å². The van der Waals surface area contributed by atoms with Crippen molar-refractivity contribution in [2.24, 2.45) is 13.0 Å². The van der Waals surface area contributed by atoms with Crippen molar-refractivity contribution < 1.29 is 4.79 Å². The van der Waals surface area contributed by atoms with Crippen LogP contribution in [0.2, 0.25) is 0 Å². The van der Waals surface area contributed by atoms with Gasteiger partial charge in [-0.1, -0.05) is 0 Å². The number of aromatic nitrogens is 4. The first-order valence-electron chi connectivity index (χ1n) is 9.30. The Hall–Kier alpha value is -2.15. The molecular formula is C19H30N6O. The van der Waals surface area contributed by atoms with Gasteiger partial charge in [0.25, 0.3) is 0 Å². The Morgan fingerprint density at radius 1 is 1.35 bits per heavy atom. The first-order valence-corrected chi connectivity index (χ1v) is 9.30. The Morgan fingerprint density at radius 3 is 2.73 bits per heavy atom. The SMILES string of the molecule is Cc1cc(C)n(CC(=O)N(C)C[C@@H]2CCCN(C)[C@H]2c2ccnn2C)n1. The number of likely N-dealkylation sites (tertiary alicyclic amines) is 1. The van der Waals surface area contributed by atoms with E-state index < -0.39 is 0 Å². The van der Waals surface area contributed by atoms with Gasteiger partial charge in [0.1, 0.15) is 6.54 Å². The average molecular weight is 358 g/mol. The first kappa shape index (κ1) is 18.6. The fourth-order valence-electron chi connectivity index (χ4n) is 4.13. The molecule has 7 nitrogen and oxygen atoms in total. The minimum atomic E-state index is 0.105. The summed E-state index contributed by atoms with van der Waals surface area (Å²) in [6, 6.07) is 4.39. The maximum absolute atomic E-state index is 12.7. The van der Waals surface area contributed by atoms with E-state index in [0.29, 0.717) is 18.5 Å². The molecule has 1 saturated heterocycles. The lowest BCUT2D eigenvalue weighted by Gasteiger charge is -2.40. The Morgan fingerprint density at radius 2 is 2.12 bits per heavy atom. The van der Waals surface area contributed by atoms with Gasteiger partial charge in [0.2, 0.25) is 5.91 Å². The summed E-state index contributed by atoms with van der Waals surface area (Å²) >= 11 is 0. The summed E-state index contributed by atoms with van der Waals surface area (Å²) in [5.74, 6) is 0.506. The van der Waals surface area contributed by atoms with E-state index in [2.05, 4.69) is 28.2 Å². The van der Waals surface area contributed by atoms with Crippen LogP contribution in [0.1, 0.15) is 36.0 Å². The number of aryl methyl sites for hydroxylation is 3. The average Bonchev–Trinajstić information content (AvgIpc) is 3.13. The number of carbonyl (C=O) groups excluding carboxylic acids is 1. The van der Waals surface area contributed by atoms with Gasteiger partial charge in [-0.25, -0.2) is 0 Å². The zero-order valence-corrected chi connectivity index (χ0v) is 16.5.